The molecule has 1 aromatic heterocycles. The van der Waals surface area contributed by atoms with E-state index in [0.717, 1.165) is 27.6 Å². The fraction of sp³-hybridized carbons (Fsp3) is 0.0952. The monoisotopic (exact) mass is 426 g/mol. The molecule has 1 aliphatic heterocycles. The van der Waals surface area contributed by atoms with Crippen LogP contribution in [0.25, 0.3) is 17.0 Å². The van der Waals surface area contributed by atoms with Gasteiger partial charge in [0.25, 0.3) is 11.1 Å². The van der Waals surface area contributed by atoms with Gasteiger partial charge < -0.3 is 9.84 Å². The predicted octanol–water partition coefficient (Wildman–Crippen LogP) is 4.84. The average molecular weight is 427 g/mol. The molecule has 0 unspecified atom stereocenters. The van der Waals surface area contributed by atoms with Crippen LogP contribution in [0, 0.1) is 0 Å². The van der Waals surface area contributed by atoms with Crippen molar-refractivity contribution < 1.29 is 19.4 Å². The zero-order chi connectivity index (χ0) is 20.5. The molecule has 146 valence electrons. The van der Waals surface area contributed by atoms with Crippen LogP contribution in [0.5, 0.6) is 11.5 Å². The maximum atomic E-state index is 12.8. The molecule has 29 heavy (non-hydrogen) atoms. The van der Waals surface area contributed by atoms with Crippen LogP contribution in [0.2, 0.25) is 5.15 Å². The molecule has 1 N–H and O–H groups in total. The van der Waals surface area contributed by atoms with Crippen molar-refractivity contribution in [2.45, 2.75) is 6.54 Å². The summed E-state index contributed by atoms with van der Waals surface area (Å²) < 4.78 is 5.08. The molecular formula is C21H15ClN2O4S. The fourth-order valence-corrected chi connectivity index (χ4v) is 4.03. The normalized spacial score (nSPS) is 15.5. The Morgan fingerprint density at radius 2 is 2.00 bits per heavy atom. The van der Waals surface area contributed by atoms with Crippen molar-refractivity contribution in [1.82, 2.24) is 9.88 Å². The van der Waals surface area contributed by atoms with Crippen LogP contribution in [0.4, 0.5) is 4.79 Å². The van der Waals surface area contributed by atoms with Gasteiger partial charge in [-0.25, -0.2) is 4.98 Å². The van der Waals surface area contributed by atoms with E-state index in [1.807, 2.05) is 30.3 Å². The van der Waals surface area contributed by atoms with E-state index >= 15 is 0 Å². The Kier molecular flexibility index (Phi) is 5.17. The number of phenols is 1. The topological polar surface area (TPSA) is 79.7 Å². The maximum Gasteiger partial charge on any atom is 0.293 e. The molecule has 1 fully saturated rings. The number of nitrogens with zero attached hydrogens (tertiary/aromatic N) is 2. The zero-order valence-electron chi connectivity index (χ0n) is 15.3. The van der Waals surface area contributed by atoms with E-state index in [2.05, 4.69) is 4.98 Å². The highest BCUT2D eigenvalue weighted by atomic mass is 35.5. The molecule has 1 aliphatic rings. The van der Waals surface area contributed by atoms with Crippen LogP contribution in [0.15, 0.2) is 53.4 Å². The summed E-state index contributed by atoms with van der Waals surface area (Å²) in [5, 5.41) is 10.5. The number of rotatable bonds is 4. The lowest BCUT2D eigenvalue weighted by Crippen LogP contribution is -2.27. The number of imide groups is 1. The maximum absolute atomic E-state index is 12.8. The van der Waals surface area contributed by atoms with Crippen molar-refractivity contribution >= 4 is 51.5 Å². The molecule has 1 saturated heterocycles. The molecular weight excluding hydrogens is 412 g/mol. The lowest BCUT2D eigenvalue weighted by atomic mass is 10.1. The number of aromatic hydroxyl groups is 1. The van der Waals surface area contributed by atoms with Crippen LogP contribution in [-0.2, 0) is 11.3 Å². The van der Waals surface area contributed by atoms with E-state index in [-0.39, 0.29) is 33.3 Å². The molecule has 0 atom stereocenters. The highest BCUT2D eigenvalue weighted by molar-refractivity contribution is 8.18. The third kappa shape index (κ3) is 3.79. The second kappa shape index (κ2) is 7.77. The minimum Gasteiger partial charge on any atom is -0.504 e. The number of carbonyl (C=O) groups is 2. The number of benzene rings is 2. The number of ether oxygens (including phenoxy) is 1. The summed E-state index contributed by atoms with van der Waals surface area (Å²) in [5.74, 6) is -0.125. The summed E-state index contributed by atoms with van der Waals surface area (Å²) in [4.78, 5) is 31.0. The van der Waals surface area contributed by atoms with E-state index < -0.39 is 5.91 Å². The molecule has 0 bridgehead atoms. The Balaban J connectivity index is 1.61. The van der Waals surface area contributed by atoms with Crippen molar-refractivity contribution in [3.05, 3.63) is 69.7 Å². The van der Waals surface area contributed by atoms with E-state index in [9.17, 15) is 14.7 Å². The van der Waals surface area contributed by atoms with Crippen molar-refractivity contribution in [1.29, 1.82) is 0 Å². The first kappa shape index (κ1) is 19.3. The average Bonchev–Trinajstić information content (AvgIpc) is 2.97. The first-order valence-corrected chi connectivity index (χ1v) is 9.82. The third-order valence-corrected chi connectivity index (χ3v) is 5.69. The minimum absolute atomic E-state index is 0.00352. The van der Waals surface area contributed by atoms with Gasteiger partial charge in [-0.3, -0.25) is 14.5 Å². The van der Waals surface area contributed by atoms with Crippen LogP contribution in [0.1, 0.15) is 11.1 Å². The van der Waals surface area contributed by atoms with E-state index in [1.165, 1.54) is 13.2 Å². The fourth-order valence-electron chi connectivity index (χ4n) is 2.99. The number of hydrogen-bond donors (Lipinski definition) is 1. The van der Waals surface area contributed by atoms with Gasteiger partial charge in [-0.2, -0.15) is 0 Å². The van der Waals surface area contributed by atoms with Gasteiger partial charge in [0.15, 0.2) is 11.5 Å². The Labute approximate surface area is 175 Å². The Hall–Kier alpha value is -3.03. The van der Waals surface area contributed by atoms with Crippen LogP contribution in [-0.4, -0.2) is 33.2 Å². The molecule has 6 nitrogen and oxygen atoms in total. The van der Waals surface area contributed by atoms with Gasteiger partial charge in [0, 0.05) is 10.9 Å². The van der Waals surface area contributed by atoms with Gasteiger partial charge >= 0.3 is 0 Å². The number of amides is 2. The van der Waals surface area contributed by atoms with Gasteiger partial charge in [0.2, 0.25) is 0 Å². The largest absolute Gasteiger partial charge is 0.504 e. The highest BCUT2D eigenvalue weighted by Gasteiger charge is 2.35. The SMILES string of the molecule is COc1cc(/C=C2\SC(=O)N(Cc3cc4ccccc4nc3Cl)C2=O)ccc1O. The Morgan fingerprint density at radius 1 is 1.21 bits per heavy atom. The number of aromatic nitrogens is 1. The molecule has 3 aromatic rings. The van der Waals surface area contributed by atoms with Crippen molar-refractivity contribution in [3.63, 3.8) is 0 Å². The minimum atomic E-state index is -0.406. The number of fused-ring (bicyclic) bond motifs is 1. The first-order valence-electron chi connectivity index (χ1n) is 8.63. The molecule has 0 aliphatic carbocycles. The molecule has 0 radical (unpaired) electrons. The van der Waals surface area contributed by atoms with Gasteiger partial charge in [-0.15, -0.1) is 0 Å². The molecule has 4 rings (SSSR count). The molecule has 0 saturated carbocycles. The van der Waals surface area contributed by atoms with Crippen LogP contribution < -0.4 is 4.74 Å². The number of phenolic OH excluding ortho intramolecular Hbond substituents is 1. The third-order valence-electron chi connectivity index (χ3n) is 4.45. The number of pyridine rings is 1. The van der Waals surface area contributed by atoms with Crippen molar-refractivity contribution in [2.24, 2.45) is 0 Å². The summed E-state index contributed by atoms with van der Waals surface area (Å²) in [6.07, 6.45) is 1.59. The Morgan fingerprint density at radius 3 is 2.79 bits per heavy atom. The summed E-state index contributed by atoms with van der Waals surface area (Å²) in [7, 11) is 1.44. The van der Waals surface area contributed by atoms with Crippen LogP contribution >= 0.6 is 23.4 Å². The van der Waals surface area contributed by atoms with Crippen molar-refractivity contribution in [3.8, 4) is 11.5 Å². The second-order valence-electron chi connectivity index (χ2n) is 6.33. The summed E-state index contributed by atoms with van der Waals surface area (Å²) >= 11 is 7.13. The number of hydrogen-bond acceptors (Lipinski definition) is 6. The molecule has 2 amide bonds. The van der Waals surface area contributed by atoms with E-state index in [0.29, 0.717) is 11.1 Å². The van der Waals surface area contributed by atoms with Crippen LogP contribution in [0.3, 0.4) is 0 Å². The molecule has 8 heteroatoms. The van der Waals surface area contributed by atoms with E-state index in [4.69, 9.17) is 16.3 Å². The smallest absolute Gasteiger partial charge is 0.293 e. The number of halogens is 1. The predicted molar refractivity (Wildman–Crippen MR) is 113 cm³/mol. The van der Waals surface area contributed by atoms with Gasteiger partial charge in [-0.05, 0) is 47.7 Å². The summed E-state index contributed by atoms with van der Waals surface area (Å²) in [5.41, 5.74) is 1.98. The van der Waals surface area contributed by atoms with Crippen molar-refractivity contribution in [2.75, 3.05) is 7.11 Å². The van der Waals surface area contributed by atoms with Gasteiger partial charge in [-0.1, -0.05) is 35.9 Å². The van der Waals surface area contributed by atoms with Gasteiger partial charge in [0.05, 0.1) is 24.1 Å². The van der Waals surface area contributed by atoms with E-state index in [1.54, 1.807) is 18.2 Å². The van der Waals surface area contributed by atoms with Gasteiger partial charge in [0.1, 0.15) is 5.15 Å². The quantitative estimate of drug-likeness (QED) is 0.475. The molecule has 2 aromatic carbocycles. The number of methoxy groups -OCH3 is 1. The zero-order valence-corrected chi connectivity index (χ0v) is 16.8. The Bertz CT molecular complexity index is 1180. The summed E-state index contributed by atoms with van der Waals surface area (Å²) in [6, 6.07) is 14.0. The first-order chi connectivity index (χ1) is 14.0. The second-order valence-corrected chi connectivity index (χ2v) is 7.68. The highest BCUT2D eigenvalue weighted by Crippen LogP contribution is 2.35. The number of carbonyl (C=O) groups excluding carboxylic acids is 2. The number of thioether (sulfide) groups is 1. The molecule has 2 heterocycles. The lowest BCUT2D eigenvalue weighted by Gasteiger charge is -2.14. The number of para-hydroxylation sites is 1. The standard InChI is InChI=1S/C21H15ClN2O4S/c1-28-17-8-12(6-7-16(17)25)9-18-20(26)24(21(27)29-18)11-14-10-13-4-2-3-5-15(13)23-19(14)22/h2-10,25H,11H2,1H3/b18-9-. The molecule has 0 spiro atoms. The summed E-state index contributed by atoms with van der Waals surface area (Å²) in [6.45, 7) is 0.0393. The lowest BCUT2D eigenvalue weighted by molar-refractivity contribution is -0.123.